The zero-order chi connectivity index (χ0) is 24.6. The number of carboxylic acids is 1. The number of aromatic nitrogens is 3. The van der Waals surface area contributed by atoms with E-state index in [1.165, 1.54) is 17.0 Å². The summed E-state index contributed by atoms with van der Waals surface area (Å²) in [5.41, 5.74) is 2.54. The van der Waals surface area contributed by atoms with Crippen LogP contribution in [0.5, 0.6) is 0 Å². The van der Waals surface area contributed by atoms with Crippen LogP contribution in [0, 0.1) is 11.3 Å². The third-order valence-electron chi connectivity index (χ3n) is 5.73. The molecule has 176 valence electrons. The predicted molar refractivity (Wildman–Crippen MR) is 124 cm³/mol. The van der Waals surface area contributed by atoms with Crippen LogP contribution in [0.4, 0.5) is 20.3 Å². The Hall–Kier alpha value is -3.58. The number of nitrogens with zero attached hydrogens (tertiary/aromatic N) is 5. The molecule has 8 nitrogen and oxygen atoms in total. The summed E-state index contributed by atoms with van der Waals surface area (Å²) in [6.45, 7) is 3.32. The first-order chi connectivity index (χ1) is 16.1. The van der Waals surface area contributed by atoms with Crippen LogP contribution >= 0.6 is 11.6 Å². The van der Waals surface area contributed by atoms with Crippen LogP contribution in [0.1, 0.15) is 53.6 Å². The number of carboxylic acid groups (broad SMARTS) is 1. The lowest BCUT2D eigenvalue weighted by atomic mass is 10.0. The van der Waals surface area contributed by atoms with Crippen LogP contribution in [-0.2, 0) is 6.42 Å². The molecule has 11 heteroatoms. The molecule has 4 rings (SSSR count). The molecule has 1 saturated heterocycles. The Morgan fingerprint density at radius 3 is 2.74 bits per heavy atom. The molecule has 0 unspecified atom stereocenters. The van der Waals surface area contributed by atoms with Gasteiger partial charge in [-0.15, -0.1) is 0 Å². The van der Waals surface area contributed by atoms with E-state index >= 15 is 0 Å². The van der Waals surface area contributed by atoms with Crippen LogP contribution < -0.4 is 10.2 Å². The molecule has 0 radical (unpaired) electrons. The van der Waals surface area contributed by atoms with Crippen molar-refractivity contribution < 1.29 is 18.7 Å². The summed E-state index contributed by atoms with van der Waals surface area (Å²) in [5, 5.41) is 22.3. The van der Waals surface area contributed by atoms with Gasteiger partial charge in [-0.1, -0.05) is 24.6 Å². The van der Waals surface area contributed by atoms with Gasteiger partial charge in [-0.3, -0.25) is 0 Å². The maximum Gasteiger partial charge on any atom is 0.356 e. The molecule has 0 amide bonds. The molecule has 2 N–H and O–H groups in total. The lowest BCUT2D eigenvalue weighted by Gasteiger charge is -2.22. The number of benzene rings is 1. The van der Waals surface area contributed by atoms with E-state index in [2.05, 4.69) is 20.3 Å². The number of aromatic carboxylic acids is 1. The van der Waals surface area contributed by atoms with E-state index in [0.717, 1.165) is 5.56 Å². The molecule has 0 bridgehead atoms. The van der Waals surface area contributed by atoms with Crippen molar-refractivity contribution in [2.24, 2.45) is 0 Å². The zero-order valence-electron chi connectivity index (χ0n) is 18.4. The van der Waals surface area contributed by atoms with Gasteiger partial charge in [0, 0.05) is 18.5 Å². The van der Waals surface area contributed by atoms with Crippen molar-refractivity contribution in [2.75, 3.05) is 23.3 Å². The number of pyridine rings is 1. The van der Waals surface area contributed by atoms with Gasteiger partial charge in [0.15, 0.2) is 17.2 Å². The van der Waals surface area contributed by atoms with E-state index in [-0.39, 0.29) is 41.0 Å². The summed E-state index contributed by atoms with van der Waals surface area (Å²) < 4.78 is 27.7. The number of hydrogen-bond donors (Lipinski definition) is 2. The van der Waals surface area contributed by atoms with Gasteiger partial charge in [0.2, 0.25) is 0 Å². The molecule has 0 aliphatic carbocycles. The molecule has 1 fully saturated rings. The van der Waals surface area contributed by atoms with Crippen molar-refractivity contribution in [3.63, 3.8) is 0 Å². The Morgan fingerprint density at radius 2 is 2.12 bits per heavy atom. The molecule has 3 aromatic rings. The van der Waals surface area contributed by atoms with E-state index in [4.69, 9.17) is 11.6 Å². The predicted octanol–water partition coefficient (Wildman–Crippen LogP) is 4.83. The molecule has 3 heterocycles. The van der Waals surface area contributed by atoms with Crippen molar-refractivity contribution in [3.05, 3.63) is 51.9 Å². The standard InChI is InChI=1S/C23H21ClF2N6O2/c1-3-13-8-14(12(2)28-15-4-5-18(24)30-20(15)22(33)34)19-16(9-13)29-17(10-27)21(31-19)32-7-6-23(25,26)11-32/h4-5,8-9,12,28H,3,6-7,11H2,1-2H3,(H,33,34)/t12-/m1/s1. The second kappa shape index (κ2) is 8.99. The summed E-state index contributed by atoms with van der Waals surface area (Å²) >= 11 is 5.86. The second-order valence-electron chi connectivity index (χ2n) is 8.14. The summed E-state index contributed by atoms with van der Waals surface area (Å²) in [5.74, 6) is -3.98. The normalized spacial score (nSPS) is 15.8. The minimum atomic E-state index is -2.86. The van der Waals surface area contributed by atoms with Gasteiger partial charge in [-0.05, 0) is 37.1 Å². The number of rotatable bonds is 6. The van der Waals surface area contributed by atoms with Crippen LogP contribution in [-0.4, -0.2) is 45.0 Å². The average Bonchev–Trinajstić information content (AvgIpc) is 3.17. The zero-order valence-corrected chi connectivity index (χ0v) is 19.2. The largest absolute Gasteiger partial charge is 0.476 e. The van der Waals surface area contributed by atoms with Gasteiger partial charge in [0.25, 0.3) is 5.92 Å². The number of nitrogens with one attached hydrogen (secondary N) is 1. The molecule has 1 aliphatic heterocycles. The topological polar surface area (TPSA) is 115 Å². The lowest BCUT2D eigenvalue weighted by molar-refractivity contribution is 0.0256. The third kappa shape index (κ3) is 4.56. The smallest absolute Gasteiger partial charge is 0.356 e. The van der Waals surface area contributed by atoms with Gasteiger partial charge in [0.1, 0.15) is 11.2 Å². The van der Waals surface area contributed by atoms with Gasteiger partial charge in [-0.2, -0.15) is 5.26 Å². The summed E-state index contributed by atoms with van der Waals surface area (Å²) in [4.78, 5) is 26.0. The second-order valence-corrected chi connectivity index (χ2v) is 8.53. The van der Waals surface area contributed by atoms with E-state index < -0.39 is 24.5 Å². The van der Waals surface area contributed by atoms with E-state index in [1.807, 2.05) is 32.0 Å². The third-order valence-corrected chi connectivity index (χ3v) is 5.94. The van der Waals surface area contributed by atoms with Crippen molar-refractivity contribution in [3.8, 4) is 6.07 Å². The Kier molecular flexibility index (Phi) is 6.23. The molecular weight excluding hydrogens is 466 g/mol. The number of hydrogen-bond acceptors (Lipinski definition) is 7. The lowest BCUT2D eigenvalue weighted by Crippen LogP contribution is -2.26. The average molecular weight is 487 g/mol. The van der Waals surface area contributed by atoms with Crippen molar-refractivity contribution >= 4 is 40.1 Å². The minimum absolute atomic E-state index is 0.0138. The molecule has 1 aromatic carbocycles. The van der Waals surface area contributed by atoms with E-state index in [9.17, 15) is 23.9 Å². The number of nitriles is 1. The Bertz CT molecular complexity index is 1330. The highest BCUT2D eigenvalue weighted by molar-refractivity contribution is 6.29. The molecule has 34 heavy (non-hydrogen) atoms. The highest BCUT2D eigenvalue weighted by atomic mass is 35.5. The molecular formula is C23H21ClF2N6O2. The summed E-state index contributed by atoms with van der Waals surface area (Å²) in [6, 6.07) is 8.26. The number of halogens is 3. The monoisotopic (exact) mass is 486 g/mol. The maximum absolute atomic E-state index is 13.9. The molecule has 0 saturated carbocycles. The highest BCUT2D eigenvalue weighted by Gasteiger charge is 2.40. The first-order valence-electron chi connectivity index (χ1n) is 10.7. The maximum atomic E-state index is 13.9. The fraction of sp³-hybridized carbons (Fsp3) is 0.348. The summed E-state index contributed by atoms with van der Waals surface area (Å²) in [7, 11) is 0. The van der Waals surface area contributed by atoms with Crippen molar-refractivity contribution in [2.45, 2.75) is 38.7 Å². The molecule has 1 atom stereocenters. The van der Waals surface area contributed by atoms with Crippen LogP contribution in [0.3, 0.4) is 0 Å². The number of anilines is 2. The van der Waals surface area contributed by atoms with Gasteiger partial charge >= 0.3 is 5.97 Å². The fourth-order valence-electron chi connectivity index (χ4n) is 4.01. The fourth-order valence-corrected chi connectivity index (χ4v) is 4.16. The molecule has 0 spiro atoms. The van der Waals surface area contributed by atoms with Crippen LogP contribution in [0.25, 0.3) is 11.0 Å². The quantitative estimate of drug-likeness (QED) is 0.476. The first kappa shape index (κ1) is 23.6. The minimum Gasteiger partial charge on any atom is -0.476 e. The van der Waals surface area contributed by atoms with Crippen LogP contribution in [0.2, 0.25) is 5.15 Å². The van der Waals surface area contributed by atoms with Crippen molar-refractivity contribution in [1.82, 2.24) is 15.0 Å². The van der Waals surface area contributed by atoms with E-state index in [1.54, 1.807) is 0 Å². The number of aryl methyl sites for hydroxylation is 1. The van der Waals surface area contributed by atoms with E-state index in [0.29, 0.717) is 23.0 Å². The molecule has 2 aromatic heterocycles. The van der Waals surface area contributed by atoms with Gasteiger partial charge in [0.05, 0.1) is 29.3 Å². The Morgan fingerprint density at radius 1 is 1.35 bits per heavy atom. The first-order valence-corrected chi connectivity index (χ1v) is 11.0. The van der Waals surface area contributed by atoms with Gasteiger partial charge in [-0.25, -0.2) is 28.5 Å². The number of fused-ring (bicyclic) bond motifs is 1. The number of carbonyl (C=O) groups is 1. The number of alkyl halides is 2. The van der Waals surface area contributed by atoms with Crippen molar-refractivity contribution in [1.29, 1.82) is 5.26 Å². The Labute approximate surface area is 199 Å². The van der Waals surface area contributed by atoms with Gasteiger partial charge < -0.3 is 15.3 Å². The van der Waals surface area contributed by atoms with Crippen LogP contribution in [0.15, 0.2) is 24.3 Å². The Balaban J connectivity index is 1.82. The summed E-state index contributed by atoms with van der Waals surface area (Å²) in [6.07, 6.45) is 0.362. The highest BCUT2D eigenvalue weighted by Crippen LogP contribution is 2.34. The SMILES string of the molecule is CCc1cc([C@@H](C)Nc2ccc(Cl)nc2C(=O)O)c2nc(N3CCC(F)(F)C3)c(C#N)nc2c1. The molecule has 1 aliphatic rings.